The van der Waals surface area contributed by atoms with Crippen LogP contribution < -0.4 is 9.19 Å². The molecule has 7 aromatic rings. The van der Waals surface area contributed by atoms with Gasteiger partial charge in [-0.05, 0) is 102 Å². The van der Waals surface area contributed by atoms with Gasteiger partial charge in [0.05, 0.1) is 6.04 Å². The summed E-state index contributed by atoms with van der Waals surface area (Å²) >= 11 is 0. The molecule has 8 heteroatoms. The fraction of sp³-hybridized carbons (Fsp3) is 0.545. The Bertz CT molecular complexity index is 3110. The second kappa shape index (κ2) is 19.4. The summed E-state index contributed by atoms with van der Waals surface area (Å²) < 4.78 is 39.8. The monoisotopic (exact) mass is 1040 g/mol. The highest BCUT2D eigenvalue weighted by Gasteiger charge is 2.35. The maximum Gasteiger partial charge on any atom is 0.388 e. The fourth-order valence-electron chi connectivity index (χ4n) is 9.69. The van der Waals surface area contributed by atoms with Gasteiger partial charge in [-0.2, -0.15) is 0 Å². The van der Waals surface area contributed by atoms with E-state index in [1.807, 2.05) is 0 Å². The average molecular weight is 1040 g/mol. The maximum atomic E-state index is 7.59. The number of nitrogens with zero attached hydrogens (tertiary/aromatic N) is 1. The van der Waals surface area contributed by atoms with Crippen LogP contribution in [-0.4, -0.2) is 13.1 Å². The van der Waals surface area contributed by atoms with Gasteiger partial charge < -0.3 is 16.8 Å². The van der Waals surface area contributed by atoms with Crippen LogP contribution in [0.15, 0.2) is 95.6 Å². The molecule has 0 N–H and O–H groups in total. The molecule has 2 heterocycles. The number of likely N-dealkylation sites (N-methyl/N-ethyl adjacent to an activating group) is 1. The molecule has 5 aromatic carbocycles. The molecule has 0 radical (unpaired) electrons. The maximum absolute atomic E-state index is 7.59. The largest absolute Gasteiger partial charge is 0.407 e. The normalized spacial score (nSPS) is 14.7. The van der Waals surface area contributed by atoms with Crippen molar-refractivity contribution in [3.63, 3.8) is 0 Å². The summed E-state index contributed by atoms with van der Waals surface area (Å²) in [5.74, 6) is 0. The van der Waals surface area contributed by atoms with E-state index < -0.39 is 22.5 Å². The first kappa shape index (κ1) is 57.5. The zero-order chi connectivity index (χ0) is 55.4. The molecule has 0 fully saturated rings. The molecule has 0 unspecified atom stereocenters. The molecule has 0 amide bonds. The van der Waals surface area contributed by atoms with Gasteiger partial charge in [0, 0.05) is 50.8 Å². The van der Waals surface area contributed by atoms with Crippen molar-refractivity contribution in [2.75, 3.05) is 11.7 Å². The quantitative estimate of drug-likeness (QED) is 0.165. The molecular formula is C66H93NO5P2. The van der Waals surface area contributed by atoms with Crippen LogP contribution in [0.3, 0.4) is 0 Å². The van der Waals surface area contributed by atoms with Crippen LogP contribution in [0.4, 0.5) is 0 Å². The Hall–Kier alpha value is -4.18. The Morgan fingerprint density at radius 1 is 0.378 bits per heavy atom. The van der Waals surface area contributed by atoms with Crippen LogP contribution in [-0.2, 0) is 43.3 Å². The zero-order valence-electron chi connectivity index (χ0n) is 50.5. The van der Waals surface area contributed by atoms with E-state index in [9.17, 15) is 0 Å². The minimum Gasteiger partial charge on any atom is -0.407 e. The lowest BCUT2D eigenvalue weighted by atomic mass is 9.77. The molecule has 0 aliphatic heterocycles. The van der Waals surface area contributed by atoms with E-state index in [1.54, 1.807) is 0 Å². The minimum atomic E-state index is -2.07. The molecular weight excluding hydrogens is 949 g/mol. The lowest BCUT2D eigenvalue weighted by Crippen LogP contribution is -2.34. The standard InChI is InChI=1S/C66H93NO5P2/c1-40(67(26)73-68-55-46(32-42(59(2,3)4)36-50(55)63(14,15)16)47-33-43(60(5,6)7)37-51(56(47)69-73)64(17,18)19)54(41-30-28-27-29-31-41)70-74-71-57-48(34-44(61(8,9)10)38-52(57)65(20,21)22)49-35-45(62(11,12)13)39-53(58(49)72-74)66(23,24)25/h27-40,54H,1-26H3/t40-,54-/m0/s1. The van der Waals surface area contributed by atoms with Gasteiger partial charge in [-0.1, -0.05) is 221 Å². The van der Waals surface area contributed by atoms with E-state index in [4.69, 9.17) is 21.3 Å². The summed E-state index contributed by atoms with van der Waals surface area (Å²) in [5.41, 5.74) is 12.5. The first-order valence-electron chi connectivity index (χ1n) is 27.1. The molecule has 74 heavy (non-hydrogen) atoms. The molecule has 2 atom stereocenters. The third-order valence-electron chi connectivity index (χ3n) is 14.9. The Morgan fingerprint density at radius 3 is 0.905 bits per heavy atom. The average Bonchev–Trinajstić information content (AvgIpc) is 3.51. The van der Waals surface area contributed by atoms with Crippen LogP contribution in [0.5, 0.6) is 0 Å². The van der Waals surface area contributed by atoms with E-state index >= 15 is 0 Å². The molecule has 402 valence electrons. The summed E-state index contributed by atoms with van der Waals surface area (Å²) in [7, 11) is -1.75. The molecule has 0 aliphatic rings. The van der Waals surface area contributed by atoms with Gasteiger partial charge >= 0.3 is 16.4 Å². The number of hydrogen-bond acceptors (Lipinski definition) is 6. The van der Waals surface area contributed by atoms with Crippen LogP contribution in [0.2, 0.25) is 0 Å². The van der Waals surface area contributed by atoms with Crippen molar-refractivity contribution in [3.8, 4) is 0 Å². The highest BCUT2D eigenvalue weighted by atomic mass is 31.1. The summed E-state index contributed by atoms with van der Waals surface area (Å²) in [6, 6.07) is 29.1. The van der Waals surface area contributed by atoms with Crippen LogP contribution in [0.1, 0.15) is 229 Å². The topological polar surface area (TPSA) is 65.0 Å². The predicted molar refractivity (Wildman–Crippen MR) is 322 cm³/mol. The van der Waals surface area contributed by atoms with Gasteiger partial charge in [0.15, 0.2) is 0 Å². The lowest BCUT2D eigenvalue weighted by molar-refractivity contribution is 0.231. The van der Waals surface area contributed by atoms with Crippen molar-refractivity contribution in [1.82, 2.24) is 0 Å². The third kappa shape index (κ3) is 11.9. The van der Waals surface area contributed by atoms with Crippen molar-refractivity contribution in [2.24, 2.45) is 0 Å². The lowest BCUT2D eigenvalue weighted by Gasteiger charge is -2.29. The molecule has 0 spiro atoms. The van der Waals surface area contributed by atoms with Crippen molar-refractivity contribution >= 4 is 60.3 Å². The molecule has 0 saturated heterocycles. The van der Waals surface area contributed by atoms with Gasteiger partial charge in [0.2, 0.25) is 0 Å². The van der Waals surface area contributed by atoms with E-state index in [0.29, 0.717) is 0 Å². The van der Waals surface area contributed by atoms with Gasteiger partial charge in [-0.15, -0.1) is 0 Å². The Labute approximate surface area is 448 Å². The second-order valence-electron chi connectivity index (χ2n) is 29.7. The summed E-state index contributed by atoms with van der Waals surface area (Å²) in [5, 5.41) is 4.23. The van der Waals surface area contributed by atoms with Crippen LogP contribution in [0.25, 0.3) is 43.9 Å². The van der Waals surface area contributed by atoms with E-state index in [1.165, 1.54) is 22.3 Å². The van der Waals surface area contributed by atoms with E-state index in [-0.39, 0.29) is 49.4 Å². The first-order chi connectivity index (χ1) is 33.6. The van der Waals surface area contributed by atoms with Crippen molar-refractivity contribution in [1.29, 1.82) is 0 Å². The van der Waals surface area contributed by atoms with E-state index in [0.717, 1.165) is 71.7 Å². The van der Waals surface area contributed by atoms with Crippen LogP contribution in [0, 0.1) is 0 Å². The highest BCUT2D eigenvalue weighted by Crippen LogP contribution is 2.50. The molecule has 6 nitrogen and oxygen atoms in total. The molecule has 0 aliphatic carbocycles. The van der Waals surface area contributed by atoms with Gasteiger partial charge in [-0.25, -0.2) is 4.67 Å². The number of benzene rings is 5. The molecule has 0 bridgehead atoms. The number of rotatable bonds is 6. The SMILES string of the molecule is C[C@@H]([C@H](Op1oc2c(C(C)(C)C)cc(C(C)(C)C)cc2c2cc(C(C)(C)C)cc(C(C)(C)C)c2o1)c1ccccc1)N(C)p1oc2c(C(C)(C)C)cc(C(C)(C)C)cc2c2cc(C(C)(C)C)cc(C(C)(C)C)c2o1. The Morgan fingerprint density at radius 2 is 0.649 bits per heavy atom. The van der Waals surface area contributed by atoms with Gasteiger partial charge in [0.25, 0.3) is 0 Å². The summed E-state index contributed by atoms with van der Waals surface area (Å²) in [4.78, 5) is 0. The second-order valence-corrected chi connectivity index (χ2v) is 32.2. The highest BCUT2D eigenvalue weighted by molar-refractivity contribution is 7.39. The van der Waals surface area contributed by atoms with Crippen molar-refractivity contribution < 1.29 is 21.3 Å². The molecule has 7 rings (SSSR count). The van der Waals surface area contributed by atoms with Crippen LogP contribution >= 0.6 is 16.4 Å². The smallest absolute Gasteiger partial charge is 0.388 e. The third-order valence-corrected chi connectivity index (χ3v) is 17.5. The minimum absolute atomic E-state index is 0.108. The zero-order valence-corrected chi connectivity index (χ0v) is 52.3. The molecule has 0 saturated carbocycles. The van der Waals surface area contributed by atoms with Crippen molar-refractivity contribution in [2.45, 2.75) is 229 Å². The van der Waals surface area contributed by atoms with Gasteiger partial charge in [0.1, 0.15) is 28.4 Å². The molecule has 2 aromatic heterocycles. The first-order valence-corrected chi connectivity index (χ1v) is 29.3. The summed E-state index contributed by atoms with van der Waals surface area (Å²) in [6.07, 6.45) is -0.538. The number of hydrogen-bond donors (Lipinski definition) is 0. The predicted octanol–water partition coefficient (Wildman–Crippen LogP) is 21.1. The van der Waals surface area contributed by atoms with Gasteiger partial charge in [-0.3, -0.25) is 4.52 Å². The summed E-state index contributed by atoms with van der Waals surface area (Å²) in [6.45, 7) is 57.2. The number of fused-ring (bicyclic) bond motifs is 6. The fourth-order valence-corrected chi connectivity index (χ4v) is 12.4. The Balaban J connectivity index is 1.59. The Kier molecular flexibility index (Phi) is 15.1. The van der Waals surface area contributed by atoms with E-state index in [2.05, 4.69) is 264 Å². The van der Waals surface area contributed by atoms with Crippen molar-refractivity contribution in [3.05, 3.63) is 129 Å².